The molecule has 5 heteroatoms. The molecule has 28 heavy (non-hydrogen) atoms. The fourth-order valence-electron chi connectivity index (χ4n) is 3.39. The van der Waals surface area contributed by atoms with E-state index in [1.807, 2.05) is 30.9 Å². The first-order valence-electron chi connectivity index (χ1n) is 10.7. The van der Waals surface area contributed by atoms with Crippen LogP contribution in [0.4, 0.5) is 0 Å². The highest BCUT2D eigenvalue weighted by Gasteiger charge is 2.17. The molecule has 0 saturated carbocycles. The first-order chi connectivity index (χ1) is 13.6. The van der Waals surface area contributed by atoms with Crippen LogP contribution in [0.1, 0.15) is 68.8 Å². The van der Waals surface area contributed by atoms with Gasteiger partial charge in [-0.25, -0.2) is 0 Å². The molecule has 0 spiro atoms. The summed E-state index contributed by atoms with van der Waals surface area (Å²) in [5, 5.41) is 0. The van der Waals surface area contributed by atoms with Gasteiger partial charge in [-0.2, -0.15) is 0 Å². The van der Waals surface area contributed by atoms with E-state index in [1.54, 1.807) is 0 Å². The molecule has 1 rings (SSSR count). The second kappa shape index (κ2) is 14.8. The van der Waals surface area contributed by atoms with Crippen LogP contribution in [0, 0.1) is 0 Å². The topological polar surface area (TPSA) is 40.6 Å². The first kappa shape index (κ1) is 24.9. The normalized spacial score (nSPS) is 12.5. The van der Waals surface area contributed by atoms with Crippen molar-refractivity contribution in [2.75, 3.05) is 32.4 Å². The van der Waals surface area contributed by atoms with Crippen molar-refractivity contribution < 1.29 is 9.59 Å². The molecule has 0 fully saturated rings. The fraction of sp³-hybridized carbons (Fsp3) is 0.652. The summed E-state index contributed by atoms with van der Waals surface area (Å²) in [6.07, 6.45) is 7.43. The molecule has 0 amide bonds. The number of hydrogen-bond acceptors (Lipinski definition) is 5. The Morgan fingerprint density at radius 3 is 2.43 bits per heavy atom. The van der Waals surface area contributed by atoms with Gasteiger partial charge in [0.2, 0.25) is 0 Å². The molecule has 1 atom stereocenters. The predicted octanol–water partition coefficient (Wildman–Crippen LogP) is 4.90. The van der Waals surface area contributed by atoms with Gasteiger partial charge < -0.3 is 9.69 Å². The fourth-order valence-corrected chi connectivity index (χ4v) is 4.49. The number of benzene rings is 1. The molecule has 0 heterocycles. The van der Waals surface area contributed by atoms with Crippen LogP contribution in [-0.2, 0) is 11.3 Å². The summed E-state index contributed by atoms with van der Waals surface area (Å²) in [6.45, 7) is 10.6. The van der Waals surface area contributed by atoms with Crippen molar-refractivity contribution in [3.8, 4) is 0 Å². The minimum absolute atomic E-state index is 0.0948. The number of likely N-dealkylation sites (N-methyl/N-ethyl adjacent to an activating group) is 1. The van der Waals surface area contributed by atoms with Gasteiger partial charge in [-0.05, 0) is 63.3 Å². The van der Waals surface area contributed by atoms with E-state index >= 15 is 0 Å². The van der Waals surface area contributed by atoms with E-state index in [0.717, 1.165) is 55.4 Å². The van der Waals surface area contributed by atoms with Crippen LogP contribution in [0.5, 0.6) is 0 Å². The van der Waals surface area contributed by atoms with E-state index in [0.29, 0.717) is 6.54 Å². The van der Waals surface area contributed by atoms with E-state index < -0.39 is 0 Å². The van der Waals surface area contributed by atoms with Crippen LogP contribution < -0.4 is 0 Å². The molecule has 0 aliphatic carbocycles. The van der Waals surface area contributed by atoms with Gasteiger partial charge in [-0.15, -0.1) is 11.8 Å². The van der Waals surface area contributed by atoms with Gasteiger partial charge in [-0.1, -0.05) is 45.7 Å². The first-order valence-corrected chi connectivity index (χ1v) is 11.7. The zero-order valence-electron chi connectivity index (χ0n) is 18.2. The molecule has 158 valence electrons. The maximum atomic E-state index is 11.6. The molecule has 0 aliphatic heterocycles. The number of thioether (sulfide) groups is 1. The Balaban J connectivity index is 2.64. The summed E-state index contributed by atoms with van der Waals surface area (Å²) in [7, 11) is 1.97. The number of hydrogen-bond donors (Lipinski definition) is 0. The van der Waals surface area contributed by atoms with Gasteiger partial charge in [0.15, 0.2) is 0 Å². The van der Waals surface area contributed by atoms with Crippen molar-refractivity contribution >= 4 is 24.3 Å². The minimum atomic E-state index is -0.0948. The summed E-state index contributed by atoms with van der Waals surface area (Å²) >= 11 is 1.83. The van der Waals surface area contributed by atoms with E-state index in [9.17, 15) is 9.59 Å². The highest BCUT2D eigenvalue weighted by atomic mass is 32.2. The standard InChI is InChI=1S/C23H38N2O2S/c1-5-12-21(19-27)24(4)17-22-20(18-26)13-11-14-23(22)28-16-10-8-9-15-25(6-2)7-3/h11,13-14,18-19,21H,5-10,12,15-17H2,1-4H3. The van der Waals surface area contributed by atoms with Crippen molar-refractivity contribution in [3.05, 3.63) is 29.3 Å². The monoisotopic (exact) mass is 406 g/mol. The Labute approximate surface area is 176 Å². The Hall–Kier alpha value is -1.17. The molecule has 4 nitrogen and oxygen atoms in total. The molecule has 1 aromatic carbocycles. The van der Waals surface area contributed by atoms with Gasteiger partial charge in [0.1, 0.15) is 12.6 Å². The van der Waals surface area contributed by atoms with Crippen LogP contribution in [0.25, 0.3) is 0 Å². The zero-order valence-corrected chi connectivity index (χ0v) is 19.0. The maximum Gasteiger partial charge on any atom is 0.150 e. The second-order valence-electron chi connectivity index (χ2n) is 7.29. The Kier molecular flexibility index (Phi) is 13.1. The number of unbranched alkanes of at least 4 members (excludes halogenated alkanes) is 2. The summed E-state index contributed by atoms with van der Waals surface area (Å²) < 4.78 is 0. The smallest absolute Gasteiger partial charge is 0.150 e. The third kappa shape index (κ3) is 8.46. The van der Waals surface area contributed by atoms with Gasteiger partial charge in [-0.3, -0.25) is 9.69 Å². The Bertz CT molecular complexity index is 576. The van der Waals surface area contributed by atoms with Crippen molar-refractivity contribution in [1.82, 2.24) is 9.80 Å². The van der Waals surface area contributed by atoms with Crippen molar-refractivity contribution in [3.63, 3.8) is 0 Å². The van der Waals surface area contributed by atoms with Gasteiger partial charge in [0.05, 0.1) is 6.04 Å². The lowest BCUT2D eigenvalue weighted by Gasteiger charge is -2.25. The average Bonchev–Trinajstić information content (AvgIpc) is 2.72. The molecule has 0 N–H and O–H groups in total. The van der Waals surface area contributed by atoms with Crippen LogP contribution in [-0.4, -0.2) is 60.8 Å². The summed E-state index contributed by atoms with van der Waals surface area (Å²) in [5.41, 5.74) is 1.79. The third-order valence-electron chi connectivity index (χ3n) is 5.28. The second-order valence-corrected chi connectivity index (χ2v) is 8.42. The summed E-state index contributed by atoms with van der Waals surface area (Å²) in [5.74, 6) is 1.06. The summed E-state index contributed by atoms with van der Waals surface area (Å²) in [6, 6.07) is 5.84. The number of nitrogens with zero attached hydrogens (tertiary/aromatic N) is 2. The van der Waals surface area contributed by atoms with Gasteiger partial charge in [0.25, 0.3) is 0 Å². The van der Waals surface area contributed by atoms with Crippen molar-refractivity contribution in [2.45, 2.75) is 70.4 Å². The van der Waals surface area contributed by atoms with Crippen molar-refractivity contribution in [2.24, 2.45) is 0 Å². The zero-order chi connectivity index (χ0) is 20.8. The lowest BCUT2D eigenvalue weighted by Crippen LogP contribution is -2.32. The predicted molar refractivity (Wildman–Crippen MR) is 120 cm³/mol. The number of carbonyl (C=O) groups excluding carboxylic acids is 2. The molecule has 1 aromatic rings. The third-order valence-corrected chi connectivity index (χ3v) is 6.47. The molecule has 0 saturated heterocycles. The summed E-state index contributed by atoms with van der Waals surface area (Å²) in [4.78, 5) is 28.7. The highest BCUT2D eigenvalue weighted by Crippen LogP contribution is 2.28. The largest absolute Gasteiger partial charge is 0.304 e. The van der Waals surface area contributed by atoms with Gasteiger partial charge >= 0.3 is 0 Å². The molecular formula is C23H38N2O2S. The minimum Gasteiger partial charge on any atom is -0.304 e. The van der Waals surface area contributed by atoms with Crippen LogP contribution in [0.15, 0.2) is 23.1 Å². The highest BCUT2D eigenvalue weighted by molar-refractivity contribution is 7.99. The molecule has 1 unspecified atom stereocenters. The molecule has 0 aliphatic rings. The number of aldehydes is 2. The number of carbonyl (C=O) groups is 2. The van der Waals surface area contributed by atoms with Crippen LogP contribution in [0.2, 0.25) is 0 Å². The SMILES string of the molecule is CCCC(C=O)N(C)Cc1c(C=O)cccc1SCCCCCN(CC)CC. The maximum absolute atomic E-state index is 11.6. The van der Waals surface area contributed by atoms with E-state index in [1.165, 1.54) is 30.7 Å². The van der Waals surface area contributed by atoms with Crippen molar-refractivity contribution in [1.29, 1.82) is 0 Å². The lowest BCUT2D eigenvalue weighted by atomic mass is 10.1. The molecule has 0 radical (unpaired) electrons. The molecular weight excluding hydrogens is 368 g/mol. The Morgan fingerprint density at radius 1 is 1.07 bits per heavy atom. The molecule has 0 aromatic heterocycles. The number of rotatable bonds is 16. The van der Waals surface area contributed by atoms with Crippen LogP contribution in [0.3, 0.4) is 0 Å². The van der Waals surface area contributed by atoms with E-state index in [4.69, 9.17) is 0 Å². The van der Waals surface area contributed by atoms with E-state index in [-0.39, 0.29) is 6.04 Å². The van der Waals surface area contributed by atoms with Gasteiger partial charge in [0, 0.05) is 17.0 Å². The Morgan fingerprint density at radius 2 is 1.82 bits per heavy atom. The quantitative estimate of drug-likeness (QED) is 0.222. The van der Waals surface area contributed by atoms with E-state index in [2.05, 4.69) is 36.6 Å². The lowest BCUT2D eigenvalue weighted by molar-refractivity contribution is -0.112. The molecule has 0 bridgehead atoms. The van der Waals surface area contributed by atoms with Crippen LogP contribution >= 0.6 is 11.8 Å². The average molecular weight is 407 g/mol.